The Morgan fingerprint density at radius 2 is 1.30 bits per heavy atom. The second-order valence-electron chi connectivity index (χ2n) is 29.5. The number of hydrogen-bond donors (Lipinski definition) is 4. The molecule has 4 aromatic rings. The number of methoxy groups -OCH3 is 3. The van der Waals surface area contributed by atoms with Crippen LogP contribution in [-0.2, 0) is 97.1 Å². The van der Waals surface area contributed by atoms with Gasteiger partial charge in [0.05, 0.1) is 61.5 Å². The SMILES string of the molecule is CC[C@H](C)[C@@H]([C@@H](CC(=O)N1CCC[C@H]1[C@H](OC)[C@@H](C)C(=O)N[C@H](C)[C@@H](OCN(CC)C(=O)OCc1ccc(O[C@@H]2O[C@H](C(=O)OC)[C@@H](OC(C)=O)[C@H](OC(C)=O)[C@H]2OC(C)=O)c(NC(=O)CCNC(=O)OCC2c3ccccc3-c3ccccc32)c1)c1ccccc1)OC)N(C)C(=O)[C@@H](NC(=O)[C@H](C(C)C)N(C)C)C(C)C. The topological polar surface area (TPSA) is 350 Å². The normalized spacial score (nSPS) is 19.7. The predicted molar refractivity (Wildman–Crippen MR) is 411 cm³/mol. The number of amides is 7. The molecule has 0 unspecified atom stereocenters. The molecule has 7 rings (SSSR count). The van der Waals surface area contributed by atoms with E-state index in [0.717, 1.165) is 50.1 Å². The molecule has 7 amide bonds. The molecule has 2 saturated heterocycles. The van der Waals surface area contributed by atoms with Crippen molar-refractivity contribution in [2.45, 2.75) is 207 Å². The van der Waals surface area contributed by atoms with Gasteiger partial charge in [0.1, 0.15) is 37.8 Å². The molecular weight excluding hydrogens is 1450 g/mol. The van der Waals surface area contributed by atoms with Gasteiger partial charge in [0.15, 0.2) is 18.3 Å². The summed E-state index contributed by atoms with van der Waals surface area (Å²) in [5.74, 6) is -7.33. The predicted octanol–water partition coefficient (Wildman–Crippen LogP) is 8.45. The molecule has 112 heavy (non-hydrogen) atoms. The number of esters is 4. The average Bonchev–Trinajstić information content (AvgIpc) is 1.48. The summed E-state index contributed by atoms with van der Waals surface area (Å²) in [6.07, 6.45) is -11.3. The van der Waals surface area contributed by atoms with E-state index in [0.29, 0.717) is 31.4 Å². The largest absolute Gasteiger partial charge is 0.467 e. The van der Waals surface area contributed by atoms with E-state index >= 15 is 0 Å². The second-order valence-corrected chi connectivity index (χ2v) is 29.5. The van der Waals surface area contributed by atoms with Crippen LogP contribution in [0.15, 0.2) is 97.1 Å². The molecule has 2 fully saturated rings. The number of carbonyl (C=O) groups is 11. The molecule has 30 nitrogen and oxygen atoms in total. The van der Waals surface area contributed by atoms with E-state index < -0.39 is 140 Å². The number of nitrogens with zero attached hydrogens (tertiary/aromatic N) is 4. The van der Waals surface area contributed by atoms with Crippen LogP contribution in [0.2, 0.25) is 0 Å². The number of likely N-dealkylation sites (N-methyl/N-ethyl adjacent to an activating group) is 2. The van der Waals surface area contributed by atoms with E-state index in [4.69, 9.17) is 52.1 Å². The summed E-state index contributed by atoms with van der Waals surface area (Å²) in [4.78, 5) is 157. The summed E-state index contributed by atoms with van der Waals surface area (Å²) in [5, 5.41) is 11.5. The molecule has 30 heteroatoms. The van der Waals surface area contributed by atoms with E-state index in [1.165, 1.54) is 37.3 Å². The fraction of sp³-hybridized carbons (Fsp3) is 0.573. The minimum atomic E-state index is -1.85. The Morgan fingerprint density at radius 3 is 1.88 bits per heavy atom. The Morgan fingerprint density at radius 1 is 0.688 bits per heavy atom. The van der Waals surface area contributed by atoms with Crippen molar-refractivity contribution < 1.29 is 105 Å². The highest BCUT2D eigenvalue weighted by molar-refractivity contribution is 5.93. The zero-order valence-corrected chi connectivity index (χ0v) is 67.7. The third kappa shape index (κ3) is 23.2. The van der Waals surface area contributed by atoms with Crippen molar-refractivity contribution in [2.75, 3.05) is 80.8 Å². The first kappa shape index (κ1) is 89.5. The Balaban J connectivity index is 1.04. The lowest BCUT2D eigenvalue weighted by molar-refractivity contribution is -0.282. The smallest absolute Gasteiger partial charge is 0.411 e. The van der Waals surface area contributed by atoms with E-state index in [2.05, 4.69) is 21.3 Å². The van der Waals surface area contributed by atoms with Crippen LogP contribution in [-0.4, -0.2) is 234 Å². The lowest BCUT2D eigenvalue weighted by Crippen LogP contribution is -2.64. The molecule has 2 aliphatic heterocycles. The quantitative estimate of drug-likeness (QED) is 0.0186. The molecule has 614 valence electrons. The van der Waals surface area contributed by atoms with E-state index in [1.54, 1.807) is 37.6 Å². The van der Waals surface area contributed by atoms with Crippen LogP contribution in [0.1, 0.15) is 149 Å². The van der Waals surface area contributed by atoms with Crippen LogP contribution in [0.25, 0.3) is 11.1 Å². The van der Waals surface area contributed by atoms with Crippen molar-refractivity contribution in [1.29, 1.82) is 0 Å². The third-order valence-corrected chi connectivity index (χ3v) is 20.7. The van der Waals surface area contributed by atoms with Gasteiger partial charge in [-0.25, -0.2) is 14.4 Å². The molecular formula is C82H114N8O22. The zero-order chi connectivity index (χ0) is 82.4. The highest BCUT2D eigenvalue weighted by Crippen LogP contribution is 2.45. The fourth-order valence-corrected chi connectivity index (χ4v) is 15.0. The summed E-state index contributed by atoms with van der Waals surface area (Å²) in [7, 11) is 9.42. The van der Waals surface area contributed by atoms with Gasteiger partial charge in [-0.1, -0.05) is 140 Å². The molecule has 0 aromatic heterocycles. The minimum Gasteiger partial charge on any atom is -0.467 e. The highest BCUT2D eigenvalue weighted by Gasteiger charge is 2.56. The van der Waals surface area contributed by atoms with E-state index in [1.807, 2.05) is 139 Å². The molecule has 2 heterocycles. The standard InChI is InChI=1S/C82H114N8O22/c1-19-48(7)69(88(15)78(98)67(46(3)4)86-77(97)68(47(5)6)87(13)14)64(102-16)42-66(95)90-40-28-35-62(90)70(103-17)49(8)76(96)84-50(9)71(55-29-22-21-23-30-55)107-45-89(20-2)82(101)106-43-54-36-37-63(111-80-75(110-53(12)93)73(109-52(11)92)72(108-51(10)91)74(112-80)79(99)104-18)61(41-54)85-65(94)38-39-83-81(100)105-44-60-58-33-26-24-31-56(58)57-32-25-27-34-59(57)60/h21-27,29-34,36-37,41,46-50,60,62,64,67-75,80H,19-20,28,35,38-40,42-45H2,1-18H3,(H,83,100)(H,84,96)(H,85,94)(H,86,97)/t48-,49+,50+,62-,64+,67-,68-,69-,70+,71+,72-,73-,74-,75+,80+/m0/s1. The van der Waals surface area contributed by atoms with Gasteiger partial charge in [-0.15, -0.1) is 0 Å². The van der Waals surface area contributed by atoms with Gasteiger partial charge in [-0.2, -0.15) is 0 Å². The monoisotopic (exact) mass is 1560 g/mol. The molecule has 3 aliphatic rings. The van der Waals surface area contributed by atoms with Gasteiger partial charge in [-0.3, -0.25) is 48.2 Å². The highest BCUT2D eigenvalue weighted by atomic mass is 16.7. The Hall–Kier alpha value is -9.75. The van der Waals surface area contributed by atoms with Crippen LogP contribution in [0.4, 0.5) is 15.3 Å². The Kier molecular flexibility index (Phi) is 33.7. The Bertz CT molecular complexity index is 3830. The molecule has 0 radical (unpaired) electrons. The maximum Gasteiger partial charge on any atom is 0.411 e. The van der Waals surface area contributed by atoms with Crippen LogP contribution in [0.5, 0.6) is 5.75 Å². The van der Waals surface area contributed by atoms with Crippen molar-refractivity contribution in [3.05, 3.63) is 119 Å². The number of alkyl carbamates (subject to hydrolysis) is 1. The molecule has 15 atom stereocenters. The van der Waals surface area contributed by atoms with Crippen molar-refractivity contribution in [3.8, 4) is 16.9 Å². The molecule has 0 saturated carbocycles. The first-order valence-electron chi connectivity index (χ1n) is 38.2. The lowest BCUT2D eigenvalue weighted by Gasteiger charge is -2.43. The van der Waals surface area contributed by atoms with Crippen molar-refractivity contribution in [2.24, 2.45) is 23.7 Å². The van der Waals surface area contributed by atoms with Crippen LogP contribution < -0.4 is 26.0 Å². The number of fused-ring (bicyclic) bond motifs is 3. The van der Waals surface area contributed by atoms with Gasteiger partial charge in [0, 0.05) is 74.0 Å². The number of carbonyl (C=O) groups excluding carboxylic acids is 11. The summed E-state index contributed by atoms with van der Waals surface area (Å²) in [6, 6.07) is 25.9. The van der Waals surface area contributed by atoms with Crippen LogP contribution in [0, 0.1) is 23.7 Å². The van der Waals surface area contributed by atoms with E-state index in [-0.39, 0.29) is 97.7 Å². The summed E-state index contributed by atoms with van der Waals surface area (Å²) < 4.78 is 64.3. The number of ether oxygens (including phenoxy) is 11. The van der Waals surface area contributed by atoms with Gasteiger partial charge in [-0.05, 0) is 104 Å². The summed E-state index contributed by atoms with van der Waals surface area (Å²) in [5.41, 5.74) is 4.96. The zero-order valence-electron chi connectivity index (χ0n) is 67.7. The lowest BCUT2D eigenvalue weighted by atomic mass is 9.89. The Labute approximate surface area is 656 Å². The van der Waals surface area contributed by atoms with Gasteiger partial charge < -0.3 is 83.2 Å². The number of anilines is 1. The molecule has 4 N–H and O–H groups in total. The van der Waals surface area contributed by atoms with Crippen molar-refractivity contribution in [1.82, 2.24) is 35.6 Å². The number of likely N-dealkylation sites (tertiary alicyclic amines) is 1. The molecule has 0 bridgehead atoms. The molecule has 4 aromatic carbocycles. The fourth-order valence-electron chi connectivity index (χ4n) is 15.0. The first-order chi connectivity index (χ1) is 53.3. The average molecular weight is 1560 g/mol. The van der Waals surface area contributed by atoms with Crippen LogP contribution in [0.3, 0.4) is 0 Å². The number of rotatable bonds is 38. The number of nitrogens with one attached hydrogen (secondary N) is 4. The van der Waals surface area contributed by atoms with Gasteiger partial charge >= 0.3 is 36.1 Å². The van der Waals surface area contributed by atoms with Crippen LogP contribution >= 0.6 is 0 Å². The number of benzene rings is 4. The minimum absolute atomic E-state index is 0.0194. The second kappa shape index (κ2) is 42.2. The van der Waals surface area contributed by atoms with Crippen molar-refractivity contribution in [3.63, 3.8) is 0 Å². The van der Waals surface area contributed by atoms with E-state index in [9.17, 15) is 52.7 Å². The number of hydrogen-bond acceptors (Lipinski definition) is 23. The first-order valence-corrected chi connectivity index (χ1v) is 38.2. The maximum absolute atomic E-state index is 14.7. The van der Waals surface area contributed by atoms with Crippen molar-refractivity contribution >= 4 is 71.3 Å². The third-order valence-electron chi connectivity index (χ3n) is 20.7. The van der Waals surface area contributed by atoms with Gasteiger partial charge in [0.2, 0.25) is 41.9 Å². The summed E-state index contributed by atoms with van der Waals surface area (Å²) in [6.45, 7) is 19.6. The maximum atomic E-state index is 14.7. The molecule has 1 aliphatic carbocycles. The summed E-state index contributed by atoms with van der Waals surface area (Å²) >= 11 is 0. The molecule has 0 spiro atoms. The van der Waals surface area contributed by atoms with Gasteiger partial charge in [0.25, 0.3) is 0 Å².